The maximum atomic E-state index is 12.5. The fraction of sp³-hybridized carbons (Fsp3) is 0.368. The summed E-state index contributed by atoms with van der Waals surface area (Å²) in [6.45, 7) is -0.221. The van der Waals surface area contributed by atoms with Gasteiger partial charge in [-0.15, -0.1) is 0 Å². The number of amides is 3. The monoisotopic (exact) mass is 337 g/mol. The lowest BCUT2D eigenvalue weighted by Crippen LogP contribution is -2.38. The first kappa shape index (κ1) is 15.7. The highest BCUT2D eigenvalue weighted by Crippen LogP contribution is 2.37. The normalized spacial score (nSPS) is 23.0. The van der Waals surface area contributed by atoms with Crippen LogP contribution in [0.1, 0.15) is 25.7 Å². The Labute approximate surface area is 145 Å². The van der Waals surface area contributed by atoms with Crippen LogP contribution in [-0.4, -0.2) is 34.2 Å². The van der Waals surface area contributed by atoms with E-state index in [1.54, 1.807) is 18.3 Å². The van der Waals surface area contributed by atoms with Crippen LogP contribution >= 0.6 is 0 Å². The van der Waals surface area contributed by atoms with Gasteiger partial charge in [0.1, 0.15) is 6.54 Å². The third kappa shape index (κ3) is 2.77. The highest BCUT2D eigenvalue weighted by molar-refractivity contribution is 6.09. The third-order valence-electron chi connectivity index (χ3n) is 5.15. The van der Waals surface area contributed by atoms with Crippen LogP contribution in [0.5, 0.6) is 0 Å². The van der Waals surface area contributed by atoms with E-state index in [9.17, 15) is 14.4 Å². The van der Waals surface area contributed by atoms with Gasteiger partial charge in [0.25, 0.3) is 0 Å². The summed E-state index contributed by atoms with van der Waals surface area (Å²) >= 11 is 0. The fourth-order valence-electron chi connectivity index (χ4n) is 3.93. The van der Waals surface area contributed by atoms with Crippen LogP contribution in [-0.2, 0) is 14.4 Å². The summed E-state index contributed by atoms with van der Waals surface area (Å²) in [5.74, 6) is -1.20. The molecule has 1 aliphatic carbocycles. The van der Waals surface area contributed by atoms with Crippen molar-refractivity contribution in [2.24, 2.45) is 11.8 Å². The Morgan fingerprint density at radius 2 is 1.80 bits per heavy atom. The Bertz CT molecular complexity index is 835. The van der Waals surface area contributed by atoms with Crippen molar-refractivity contribution in [2.45, 2.75) is 25.7 Å². The minimum atomic E-state index is -0.364. The van der Waals surface area contributed by atoms with Gasteiger partial charge in [0, 0.05) is 11.6 Å². The molecule has 1 aromatic heterocycles. The van der Waals surface area contributed by atoms with Gasteiger partial charge in [-0.3, -0.25) is 24.3 Å². The summed E-state index contributed by atoms with van der Waals surface area (Å²) in [6.07, 6.45) is 5.15. The number of imide groups is 1. The first-order chi connectivity index (χ1) is 12.1. The average Bonchev–Trinajstić information content (AvgIpc) is 2.87. The molecule has 1 saturated carbocycles. The molecule has 1 saturated heterocycles. The second kappa shape index (κ2) is 6.27. The summed E-state index contributed by atoms with van der Waals surface area (Å²) < 4.78 is 0. The van der Waals surface area contributed by atoms with E-state index in [0.29, 0.717) is 5.69 Å². The molecular formula is C19H19N3O3. The summed E-state index contributed by atoms with van der Waals surface area (Å²) in [4.78, 5) is 42.8. The van der Waals surface area contributed by atoms with Crippen LogP contribution in [0, 0.1) is 11.8 Å². The van der Waals surface area contributed by atoms with E-state index in [1.807, 2.05) is 18.2 Å². The molecule has 0 unspecified atom stereocenters. The molecule has 3 amide bonds. The third-order valence-corrected chi connectivity index (χ3v) is 5.15. The van der Waals surface area contributed by atoms with E-state index >= 15 is 0 Å². The molecular weight excluding hydrogens is 318 g/mol. The highest BCUT2D eigenvalue weighted by Gasteiger charge is 2.48. The number of aromatic nitrogens is 1. The standard InChI is InChI=1S/C19H19N3O3/c23-17(21-16-9-3-8-15-14(16)7-4-10-20-15)11-22-18(24)12-5-1-2-6-13(12)19(22)25/h3-4,7-10,12-13H,1-2,5-6,11H2,(H,21,23)/t12-,13-/m0/s1. The van der Waals surface area contributed by atoms with Crippen molar-refractivity contribution in [3.05, 3.63) is 36.5 Å². The van der Waals surface area contributed by atoms with Gasteiger partial charge in [-0.05, 0) is 37.1 Å². The van der Waals surface area contributed by atoms with Gasteiger partial charge in [-0.2, -0.15) is 0 Å². The first-order valence-corrected chi connectivity index (χ1v) is 8.64. The van der Waals surface area contributed by atoms with Crippen molar-refractivity contribution in [3.63, 3.8) is 0 Å². The Kier molecular flexibility index (Phi) is 3.95. The molecule has 2 heterocycles. The zero-order valence-corrected chi connectivity index (χ0v) is 13.8. The number of rotatable bonds is 3. The summed E-state index contributed by atoms with van der Waals surface area (Å²) in [5.41, 5.74) is 1.41. The molecule has 6 nitrogen and oxygen atoms in total. The predicted octanol–water partition coefficient (Wildman–Crippen LogP) is 2.35. The molecule has 2 aromatic rings. The number of pyridine rings is 1. The first-order valence-electron chi connectivity index (χ1n) is 8.64. The summed E-state index contributed by atoms with van der Waals surface area (Å²) in [7, 11) is 0. The minimum absolute atomic E-state index is 0.190. The molecule has 1 aromatic carbocycles. The average molecular weight is 337 g/mol. The zero-order valence-electron chi connectivity index (χ0n) is 13.8. The predicted molar refractivity (Wildman–Crippen MR) is 92.5 cm³/mol. The topological polar surface area (TPSA) is 79.4 Å². The lowest BCUT2D eigenvalue weighted by atomic mass is 9.81. The molecule has 25 heavy (non-hydrogen) atoms. The lowest BCUT2D eigenvalue weighted by Gasteiger charge is -2.19. The number of anilines is 1. The van der Waals surface area contributed by atoms with Crippen LogP contribution in [0.4, 0.5) is 5.69 Å². The molecule has 6 heteroatoms. The van der Waals surface area contributed by atoms with Gasteiger partial charge < -0.3 is 5.32 Å². The molecule has 128 valence electrons. The van der Waals surface area contributed by atoms with Crippen LogP contribution in [0.25, 0.3) is 10.9 Å². The van der Waals surface area contributed by atoms with E-state index in [-0.39, 0.29) is 36.1 Å². The smallest absolute Gasteiger partial charge is 0.244 e. The van der Waals surface area contributed by atoms with Gasteiger partial charge in [-0.1, -0.05) is 18.9 Å². The van der Waals surface area contributed by atoms with Gasteiger partial charge >= 0.3 is 0 Å². The Morgan fingerprint density at radius 3 is 2.52 bits per heavy atom. The number of likely N-dealkylation sites (tertiary alicyclic amines) is 1. The van der Waals surface area contributed by atoms with Crippen molar-refractivity contribution < 1.29 is 14.4 Å². The molecule has 2 aliphatic rings. The van der Waals surface area contributed by atoms with E-state index in [1.165, 1.54) is 0 Å². The summed E-state index contributed by atoms with van der Waals surface area (Å²) in [5, 5.41) is 3.63. The molecule has 2 atom stereocenters. The largest absolute Gasteiger partial charge is 0.324 e. The fourth-order valence-corrected chi connectivity index (χ4v) is 3.93. The van der Waals surface area contributed by atoms with Gasteiger partial charge in [0.2, 0.25) is 17.7 Å². The quantitative estimate of drug-likeness (QED) is 0.872. The molecule has 4 rings (SSSR count). The maximum Gasteiger partial charge on any atom is 0.244 e. The molecule has 1 aliphatic heterocycles. The van der Waals surface area contributed by atoms with Crippen molar-refractivity contribution in [3.8, 4) is 0 Å². The lowest BCUT2D eigenvalue weighted by molar-refractivity contribution is -0.142. The number of nitrogens with one attached hydrogen (secondary N) is 1. The molecule has 2 fully saturated rings. The number of carbonyl (C=O) groups excluding carboxylic acids is 3. The van der Waals surface area contributed by atoms with Crippen LogP contribution < -0.4 is 5.32 Å². The Morgan fingerprint density at radius 1 is 1.08 bits per heavy atom. The maximum absolute atomic E-state index is 12.5. The Hall–Kier alpha value is -2.76. The number of hydrogen-bond donors (Lipinski definition) is 1. The number of benzene rings is 1. The molecule has 0 spiro atoms. The van der Waals surface area contributed by atoms with E-state index in [0.717, 1.165) is 41.5 Å². The van der Waals surface area contributed by atoms with Crippen molar-refractivity contribution in [1.29, 1.82) is 0 Å². The van der Waals surface area contributed by atoms with Gasteiger partial charge in [0.05, 0.1) is 23.0 Å². The number of fused-ring (bicyclic) bond motifs is 2. The zero-order chi connectivity index (χ0) is 17.4. The SMILES string of the molecule is O=C(CN1C(=O)[C@H]2CCCC[C@@H]2C1=O)Nc1cccc2ncccc12. The van der Waals surface area contributed by atoms with Crippen molar-refractivity contribution in [2.75, 3.05) is 11.9 Å². The minimum Gasteiger partial charge on any atom is -0.324 e. The second-order valence-electron chi connectivity index (χ2n) is 6.68. The van der Waals surface area contributed by atoms with Crippen molar-refractivity contribution >= 4 is 34.3 Å². The van der Waals surface area contributed by atoms with Gasteiger partial charge in [-0.25, -0.2) is 0 Å². The Balaban J connectivity index is 1.50. The molecule has 0 radical (unpaired) electrons. The number of nitrogens with zero attached hydrogens (tertiary/aromatic N) is 2. The van der Waals surface area contributed by atoms with E-state index < -0.39 is 0 Å². The van der Waals surface area contributed by atoms with Crippen LogP contribution in [0.15, 0.2) is 36.5 Å². The van der Waals surface area contributed by atoms with Crippen LogP contribution in [0.3, 0.4) is 0 Å². The number of hydrogen-bond acceptors (Lipinski definition) is 4. The van der Waals surface area contributed by atoms with E-state index in [2.05, 4.69) is 10.3 Å². The van der Waals surface area contributed by atoms with Gasteiger partial charge in [0.15, 0.2) is 0 Å². The van der Waals surface area contributed by atoms with Crippen LogP contribution in [0.2, 0.25) is 0 Å². The van der Waals surface area contributed by atoms with Crippen molar-refractivity contribution in [1.82, 2.24) is 9.88 Å². The molecule has 1 N–H and O–H groups in total. The van der Waals surface area contributed by atoms with E-state index in [4.69, 9.17) is 0 Å². The summed E-state index contributed by atoms with van der Waals surface area (Å²) in [6, 6.07) is 9.14. The number of carbonyl (C=O) groups is 3. The highest BCUT2D eigenvalue weighted by atomic mass is 16.2. The second-order valence-corrected chi connectivity index (χ2v) is 6.68. The molecule has 0 bridgehead atoms.